The van der Waals surface area contributed by atoms with Gasteiger partial charge in [-0.15, -0.1) is 0 Å². The summed E-state index contributed by atoms with van der Waals surface area (Å²) < 4.78 is 1.79. The Labute approximate surface area is 153 Å². The van der Waals surface area contributed by atoms with Crippen LogP contribution in [0.2, 0.25) is 0 Å². The summed E-state index contributed by atoms with van der Waals surface area (Å²) >= 11 is 0. The highest BCUT2D eigenvalue weighted by atomic mass is 16.6. The van der Waals surface area contributed by atoms with Crippen LogP contribution in [-0.4, -0.2) is 46.2 Å². The van der Waals surface area contributed by atoms with E-state index in [0.29, 0.717) is 0 Å². The van der Waals surface area contributed by atoms with Crippen LogP contribution in [0.1, 0.15) is 24.0 Å². The van der Waals surface area contributed by atoms with Crippen molar-refractivity contribution in [2.24, 2.45) is 12.0 Å². The minimum atomic E-state index is -0.374. The van der Waals surface area contributed by atoms with Crippen LogP contribution in [0, 0.1) is 10.1 Å². The van der Waals surface area contributed by atoms with Gasteiger partial charge >= 0.3 is 0 Å². The van der Waals surface area contributed by atoms with Gasteiger partial charge in [-0.2, -0.15) is 5.10 Å². The quantitative estimate of drug-likeness (QED) is 0.257. The molecule has 0 radical (unpaired) electrons. The molecule has 1 aromatic carbocycles. The summed E-state index contributed by atoms with van der Waals surface area (Å²) in [5.74, 6) is 0.851. The number of nitrogens with zero attached hydrogens (tertiary/aromatic N) is 5. The molecule has 0 aliphatic carbocycles. The number of unbranched alkanes of at least 4 members (excludes halogenated alkanes) is 1. The second-order valence-corrected chi connectivity index (χ2v) is 6.23. The lowest BCUT2D eigenvalue weighted by Crippen LogP contribution is -2.38. The fourth-order valence-electron chi connectivity index (χ4n) is 2.73. The first-order chi connectivity index (χ1) is 12.5. The average Bonchev–Trinajstić information content (AvgIpc) is 3.03. The van der Waals surface area contributed by atoms with Crippen molar-refractivity contribution < 1.29 is 4.92 Å². The van der Waals surface area contributed by atoms with Crippen LogP contribution in [0.15, 0.2) is 41.7 Å². The molecular formula is C18H26N6O2. The van der Waals surface area contributed by atoms with E-state index in [0.717, 1.165) is 49.4 Å². The number of guanidine groups is 1. The van der Waals surface area contributed by atoms with E-state index < -0.39 is 0 Å². The summed E-state index contributed by atoms with van der Waals surface area (Å²) in [4.78, 5) is 16.7. The number of aryl methyl sites for hydroxylation is 2. The van der Waals surface area contributed by atoms with Gasteiger partial charge in [0.1, 0.15) is 0 Å². The minimum Gasteiger partial charge on any atom is -0.356 e. The predicted molar refractivity (Wildman–Crippen MR) is 102 cm³/mol. The van der Waals surface area contributed by atoms with Gasteiger partial charge in [0.15, 0.2) is 5.96 Å². The highest BCUT2D eigenvalue weighted by Gasteiger charge is 2.07. The zero-order chi connectivity index (χ0) is 18.9. The number of rotatable bonds is 8. The Morgan fingerprint density at radius 1 is 1.31 bits per heavy atom. The van der Waals surface area contributed by atoms with Gasteiger partial charge in [0.25, 0.3) is 5.69 Å². The van der Waals surface area contributed by atoms with Crippen LogP contribution >= 0.6 is 0 Å². The molecule has 0 saturated carbocycles. The summed E-state index contributed by atoms with van der Waals surface area (Å²) in [7, 11) is 5.68. The number of nitro benzene ring substituents is 1. The smallest absolute Gasteiger partial charge is 0.269 e. The van der Waals surface area contributed by atoms with Crippen molar-refractivity contribution in [2.45, 2.75) is 25.8 Å². The monoisotopic (exact) mass is 358 g/mol. The molecule has 0 saturated heterocycles. The summed E-state index contributed by atoms with van der Waals surface area (Å²) in [5.41, 5.74) is 2.39. The van der Waals surface area contributed by atoms with E-state index in [1.807, 2.05) is 38.6 Å². The van der Waals surface area contributed by atoms with Crippen molar-refractivity contribution in [1.29, 1.82) is 0 Å². The lowest BCUT2D eigenvalue weighted by Gasteiger charge is -2.21. The Kier molecular flexibility index (Phi) is 7.13. The Morgan fingerprint density at radius 3 is 2.62 bits per heavy atom. The Balaban J connectivity index is 1.69. The van der Waals surface area contributed by atoms with E-state index in [4.69, 9.17) is 0 Å². The van der Waals surface area contributed by atoms with Crippen LogP contribution in [0.3, 0.4) is 0 Å². The topological polar surface area (TPSA) is 88.6 Å². The molecule has 0 fully saturated rings. The molecule has 0 amide bonds. The molecule has 26 heavy (non-hydrogen) atoms. The van der Waals surface area contributed by atoms with Gasteiger partial charge in [-0.1, -0.05) is 12.1 Å². The van der Waals surface area contributed by atoms with E-state index in [-0.39, 0.29) is 10.6 Å². The predicted octanol–water partition coefficient (Wildman–Crippen LogP) is 2.36. The van der Waals surface area contributed by atoms with Crippen molar-refractivity contribution in [1.82, 2.24) is 20.0 Å². The van der Waals surface area contributed by atoms with Crippen molar-refractivity contribution in [3.8, 4) is 0 Å². The van der Waals surface area contributed by atoms with E-state index in [2.05, 4.69) is 20.3 Å². The maximum Gasteiger partial charge on any atom is 0.269 e. The molecule has 2 aromatic rings. The molecule has 1 aromatic heterocycles. The number of nitrogens with one attached hydrogen (secondary N) is 1. The first-order valence-corrected chi connectivity index (χ1v) is 8.62. The lowest BCUT2D eigenvalue weighted by molar-refractivity contribution is -0.384. The van der Waals surface area contributed by atoms with Gasteiger partial charge in [0, 0.05) is 58.1 Å². The summed E-state index contributed by atoms with van der Waals surface area (Å²) in [6.07, 6.45) is 6.76. The second-order valence-electron chi connectivity index (χ2n) is 6.23. The lowest BCUT2D eigenvalue weighted by atomic mass is 10.1. The largest absolute Gasteiger partial charge is 0.356 e. The first kappa shape index (κ1) is 19.4. The SMILES string of the molecule is CN=C(NCCCCc1ccc([N+](=O)[O-])cc1)N(C)Cc1cnn(C)c1. The number of hydrogen-bond acceptors (Lipinski definition) is 4. The third-order valence-corrected chi connectivity index (χ3v) is 4.07. The zero-order valence-electron chi connectivity index (χ0n) is 15.6. The number of benzene rings is 1. The van der Waals surface area contributed by atoms with Crippen LogP contribution in [0.4, 0.5) is 5.69 Å². The summed E-state index contributed by atoms with van der Waals surface area (Å²) in [6.45, 7) is 1.58. The van der Waals surface area contributed by atoms with Crippen molar-refractivity contribution in [2.75, 3.05) is 20.6 Å². The standard InChI is InChI=1S/C18H26N6O2/c1-19-18(22(2)13-16-12-21-23(3)14-16)20-11-5-4-6-15-7-9-17(10-8-15)24(25)26/h7-10,12,14H,4-6,11,13H2,1-3H3,(H,19,20). The Hall–Kier alpha value is -2.90. The molecule has 8 nitrogen and oxygen atoms in total. The molecule has 0 aliphatic heterocycles. The maximum atomic E-state index is 10.7. The van der Waals surface area contributed by atoms with Gasteiger partial charge in [-0.3, -0.25) is 19.8 Å². The number of nitro groups is 1. The molecule has 0 spiro atoms. The van der Waals surface area contributed by atoms with Crippen molar-refractivity contribution in [3.63, 3.8) is 0 Å². The van der Waals surface area contributed by atoms with Gasteiger partial charge < -0.3 is 10.2 Å². The molecule has 2 rings (SSSR count). The number of aromatic nitrogens is 2. The molecule has 140 valence electrons. The van der Waals surface area contributed by atoms with Crippen LogP contribution in [-0.2, 0) is 20.0 Å². The van der Waals surface area contributed by atoms with Gasteiger partial charge in [-0.05, 0) is 24.8 Å². The molecule has 0 unspecified atom stereocenters. The summed E-state index contributed by atoms with van der Waals surface area (Å²) in [5, 5.41) is 18.2. The first-order valence-electron chi connectivity index (χ1n) is 8.62. The normalized spacial score (nSPS) is 11.4. The molecule has 0 aliphatic rings. The van der Waals surface area contributed by atoms with Crippen LogP contribution in [0.25, 0.3) is 0 Å². The fraction of sp³-hybridized carbons (Fsp3) is 0.444. The van der Waals surface area contributed by atoms with Gasteiger partial charge in [0.05, 0.1) is 11.1 Å². The van der Waals surface area contributed by atoms with Gasteiger partial charge in [-0.25, -0.2) is 0 Å². The van der Waals surface area contributed by atoms with E-state index in [1.165, 1.54) is 0 Å². The van der Waals surface area contributed by atoms with Crippen molar-refractivity contribution in [3.05, 3.63) is 57.9 Å². The molecule has 1 N–H and O–H groups in total. The van der Waals surface area contributed by atoms with Crippen LogP contribution < -0.4 is 5.32 Å². The highest BCUT2D eigenvalue weighted by Crippen LogP contribution is 2.13. The van der Waals surface area contributed by atoms with Crippen molar-refractivity contribution >= 4 is 11.6 Å². The number of hydrogen-bond donors (Lipinski definition) is 1. The van der Waals surface area contributed by atoms with E-state index in [1.54, 1.807) is 23.9 Å². The fourth-order valence-corrected chi connectivity index (χ4v) is 2.73. The Morgan fingerprint density at radius 2 is 2.04 bits per heavy atom. The molecule has 8 heteroatoms. The molecule has 0 bridgehead atoms. The van der Waals surface area contributed by atoms with E-state index in [9.17, 15) is 10.1 Å². The van der Waals surface area contributed by atoms with Crippen LogP contribution in [0.5, 0.6) is 0 Å². The third-order valence-electron chi connectivity index (χ3n) is 4.07. The van der Waals surface area contributed by atoms with E-state index >= 15 is 0 Å². The number of aliphatic imine (C=N–C) groups is 1. The Bertz CT molecular complexity index is 738. The molecular weight excluding hydrogens is 332 g/mol. The van der Waals surface area contributed by atoms with Gasteiger partial charge in [0.2, 0.25) is 0 Å². The second kappa shape index (κ2) is 9.55. The minimum absolute atomic E-state index is 0.135. The zero-order valence-corrected chi connectivity index (χ0v) is 15.6. The average molecular weight is 358 g/mol. The molecule has 0 atom stereocenters. The maximum absolute atomic E-state index is 10.7. The molecule has 1 heterocycles. The highest BCUT2D eigenvalue weighted by molar-refractivity contribution is 5.79. The number of non-ortho nitro benzene ring substituents is 1. The third kappa shape index (κ3) is 5.87. The summed E-state index contributed by atoms with van der Waals surface area (Å²) in [6, 6.07) is 6.77.